The van der Waals surface area contributed by atoms with E-state index in [1.165, 1.54) is 49.7 Å². The van der Waals surface area contributed by atoms with Crippen molar-refractivity contribution in [3.05, 3.63) is 29.3 Å². The molecular formula is C18H27NO. The number of benzene rings is 1. The molecule has 1 aromatic carbocycles. The number of hydrogen-bond donors (Lipinski definition) is 2. The molecule has 1 saturated carbocycles. The number of hydrogen-bond acceptors (Lipinski definition) is 2. The minimum absolute atomic E-state index is 0.174. The van der Waals surface area contributed by atoms with Gasteiger partial charge in [-0.3, -0.25) is 0 Å². The van der Waals surface area contributed by atoms with E-state index in [1.807, 2.05) is 12.1 Å². The molecular weight excluding hydrogens is 246 g/mol. The van der Waals surface area contributed by atoms with Crippen LogP contribution in [0.25, 0.3) is 0 Å². The third kappa shape index (κ3) is 2.24. The SMILES string of the molecule is CCN[C@H]1[C@H]2CCCCC[C@]1(C)c1cc(O)ccc1C2. The van der Waals surface area contributed by atoms with Crippen LogP contribution in [0.2, 0.25) is 0 Å². The van der Waals surface area contributed by atoms with Crippen molar-refractivity contribution in [3.63, 3.8) is 0 Å². The normalized spacial score (nSPS) is 33.1. The number of phenols is 1. The zero-order chi connectivity index (χ0) is 14.2. The van der Waals surface area contributed by atoms with Crippen LogP contribution in [0.3, 0.4) is 0 Å². The molecule has 2 heteroatoms. The average molecular weight is 273 g/mol. The van der Waals surface area contributed by atoms with Crippen LogP contribution in [0, 0.1) is 5.92 Å². The highest BCUT2D eigenvalue weighted by atomic mass is 16.3. The molecule has 0 unspecified atom stereocenters. The number of likely N-dealkylation sites (N-methyl/N-ethyl adjacent to an activating group) is 1. The molecule has 0 heterocycles. The number of fused-ring (bicyclic) bond motifs is 4. The Labute approximate surface area is 122 Å². The Morgan fingerprint density at radius 1 is 1.30 bits per heavy atom. The second kappa shape index (κ2) is 5.40. The summed E-state index contributed by atoms with van der Waals surface area (Å²) in [5.74, 6) is 1.16. The summed E-state index contributed by atoms with van der Waals surface area (Å²) in [5, 5.41) is 13.7. The second-order valence-electron chi connectivity index (χ2n) is 6.86. The maximum atomic E-state index is 9.92. The molecule has 0 amide bonds. The van der Waals surface area contributed by atoms with Gasteiger partial charge in [0.1, 0.15) is 5.75 Å². The van der Waals surface area contributed by atoms with Crippen LogP contribution in [0.5, 0.6) is 5.75 Å². The Bertz CT molecular complexity index is 484. The first-order valence-electron chi connectivity index (χ1n) is 8.21. The van der Waals surface area contributed by atoms with Gasteiger partial charge in [-0.05, 0) is 55.0 Å². The molecule has 0 aliphatic heterocycles. The van der Waals surface area contributed by atoms with E-state index in [0.29, 0.717) is 11.8 Å². The van der Waals surface area contributed by atoms with Gasteiger partial charge in [0.05, 0.1) is 0 Å². The number of rotatable bonds is 2. The van der Waals surface area contributed by atoms with Crippen molar-refractivity contribution >= 4 is 0 Å². The first-order chi connectivity index (χ1) is 9.65. The topological polar surface area (TPSA) is 32.3 Å². The molecule has 2 bridgehead atoms. The van der Waals surface area contributed by atoms with Gasteiger partial charge in [-0.2, -0.15) is 0 Å². The van der Waals surface area contributed by atoms with Crippen molar-refractivity contribution in [1.29, 1.82) is 0 Å². The van der Waals surface area contributed by atoms with Gasteiger partial charge in [-0.1, -0.05) is 39.2 Å². The smallest absolute Gasteiger partial charge is 0.115 e. The van der Waals surface area contributed by atoms with Crippen LogP contribution < -0.4 is 5.32 Å². The fourth-order valence-corrected chi connectivity index (χ4v) is 4.61. The van der Waals surface area contributed by atoms with Crippen LogP contribution >= 0.6 is 0 Å². The Hall–Kier alpha value is -1.02. The fourth-order valence-electron chi connectivity index (χ4n) is 4.61. The summed E-state index contributed by atoms with van der Waals surface area (Å²) in [6.45, 7) is 5.65. The molecule has 0 spiro atoms. The lowest BCUT2D eigenvalue weighted by atomic mass is 9.59. The first kappa shape index (κ1) is 13.9. The lowest BCUT2D eigenvalue weighted by Gasteiger charge is -2.49. The Balaban J connectivity index is 2.09. The molecule has 3 atom stereocenters. The predicted octanol–water partition coefficient (Wildman–Crippen LogP) is 3.76. The van der Waals surface area contributed by atoms with E-state index in [0.717, 1.165) is 12.5 Å². The monoisotopic (exact) mass is 273 g/mol. The lowest BCUT2D eigenvalue weighted by molar-refractivity contribution is 0.168. The minimum atomic E-state index is 0.174. The van der Waals surface area contributed by atoms with Crippen molar-refractivity contribution < 1.29 is 5.11 Å². The van der Waals surface area contributed by atoms with Gasteiger partial charge in [-0.15, -0.1) is 0 Å². The molecule has 2 nitrogen and oxygen atoms in total. The van der Waals surface area contributed by atoms with Crippen molar-refractivity contribution in [2.45, 2.75) is 63.8 Å². The van der Waals surface area contributed by atoms with E-state index in [9.17, 15) is 5.11 Å². The van der Waals surface area contributed by atoms with Crippen molar-refractivity contribution in [1.82, 2.24) is 5.32 Å². The molecule has 1 fully saturated rings. The predicted molar refractivity (Wildman–Crippen MR) is 83.2 cm³/mol. The molecule has 2 N–H and O–H groups in total. The zero-order valence-corrected chi connectivity index (χ0v) is 12.8. The molecule has 0 saturated heterocycles. The third-order valence-electron chi connectivity index (χ3n) is 5.54. The number of aromatic hydroxyl groups is 1. The summed E-state index contributed by atoms with van der Waals surface area (Å²) in [6, 6.07) is 6.59. The quantitative estimate of drug-likeness (QED) is 0.860. The van der Waals surface area contributed by atoms with Crippen LogP contribution in [0.4, 0.5) is 0 Å². The Morgan fingerprint density at radius 3 is 2.95 bits per heavy atom. The van der Waals surface area contributed by atoms with E-state index in [1.54, 1.807) is 0 Å². The van der Waals surface area contributed by atoms with Gasteiger partial charge in [0, 0.05) is 11.5 Å². The molecule has 2 aliphatic rings. The number of nitrogens with one attached hydrogen (secondary N) is 1. The molecule has 0 aromatic heterocycles. The molecule has 3 rings (SSSR count). The van der Waals surface area contributed by atoms with Crippen LogP contribution in [0.1, 0.15) is 57.1 Å². The highest BCUT2D eigenvalue weighted by Gasteiger charge is 2.45. The molecule has 110 valence electrons. The Kier molecular flexibility index (Phi) is 3.76. The summed E-state index contributed by atoms with van der Waals surface area (Å²) in [7, 11) is 0. The highest BCUT2D eigenvalue weighted by Crippen LogP contribution is 2.47. The summed E-state index contributed by atoms with van der Waals surface area (Å²) in [6.07, 6.45) is 7.78. The first-order valence-corrected chi connectivity index (χ1v) is 8.21. The Morgan fingerprint density at radius 2 is 2.15 bits per heavy atom. The van der Waals surface area contributed by atoms with Crippen LogP contribution in [-0.4, -0.2) is 17.7 Å². The van der Waals surface area contributed by atoms with E-state index in [4.69, 9.17) is 0 Å². The largest absolute Gasteiger partial charge is 0.508 e. The summed E-state index contributed by atoms with van der Waals surface area (Å²) >= 11 is 0. The van der Waals surface area contributed by atoms with Gasteiger partial charge < -0.3 is 10.4 Å². The van der Waals surface area contributed by atoms with Crippen molar-refractivity contribution in [2.75, 3.05) is 6.54 Å². The van der Waals surface area contributed by atoms with Crippen molar-refractivity contribution in [2.24, 2.45) is 5.92 Å². The van der Waals surface area contributed by atoms with Gasteiger partial charge in [0.2, 0.25) is 0 Å². The second-order valence-corrected chi connectivity index (χ2v) is 6.86. The minimum Gasteiger partial charge on any atom is -0.508 e. The maximum absolute atomic E-state index is 9.92. The third-order valence-corrected chi connectivity index (χ3v) is 5.54. The maximum Gasteiger partial charge on any atom is 0.115 e. The summed E-state index contributed by atoms with van der Waals surface area (Å²) < 4.78 is 0. The van der Waals surface area contributed by atoms with Crippen molar-refractivity contribution in [3.8, 4) is 5.75 Å². The summed E-state index contributed by atoms with van der Waals surface area (Å²) in [5.41, 5.74) is 3.03. The number of phenolic OH excluding ortho intramolecular Hbond substituents is 1. The van der Waals surface area contributed by atoms with E-state index >= 15 is 0 Å². The fraction of sp³-hybridized carbons (Fsp3) is 0.667. The van der Waals surface area contributed by atoms with Gasteiger partial charge in [0.15, 0.2) is 0 Å². The van der Waals surface area contributed by atoms with Crippen LogP contribution in [0.15, 0.2) is 18.2 Å². The zero-order valence-electron chi connectivity index (χ0n) is 12.8. The molecule has 20 heavy (non-hydrogen) atoms. The average Bonchev–Trinajstić information content (AvgIpc) is 2.43. The standard InChI is InChI=1S/C18H27NO/c1-3-19-17-14-7-5-4-6-10-18(17,2)16-12-15(20)9-8-13(16)11-14/h8-9,12,14,17,19-20H,3-7,10-11H2,1-2H3/t14-,17-,18+/m0/s1. The van der Waals surface area contributed by atoms with E-state index in [-0.39, 0.29) is 5.41 Å². The molecule has 0 radical (unpaired) electrons. The summed E-state index contributed by atoms with van der Waals surface area (Å²) in [4.78, 5) is 0. The molecule has 1 aromatic rings. The van der Waals surface area contributed by atoms with E-state index < -0.39 is 0 Å². The van der Waals surface area contributed by atoms with Gasteiger partial charge in [-0.25, -0.2) is 0 Å². The van der Waals surface area contributed by atoms with Gasteiger partial charge in [0.25, 0.3) is 0 Å². The van der Waals surface area contributed by atoms with Crippen LogP contribution in [-0.2, 0) is 11.8 Å². The lowest BCUT2D eigenvalue weighted by Crippen LogP contribution is -2.55. The van der Waals surface area contributed by atoms with E-state index in [2.05, 4.69) is 25.2 Å². The highest BCUT2D eigenvalue weighted by molar-refractivity contribution is 5.44. The molecule has 2 aliphatic carbocycles. The van der Waals surface area contributed by atoms with Gasteiger partial charge >= 0.3 is 0 Å².